The van der Waals surface area contributed by atoms with E-state index in [1.807, 2.05) is 18.2 Å². The molecule has 0 atom stereocenters. The molecule has 1 aromatic carbocycles. The SMILES string of the molecule is CCCCN(CCCC)c1ccc(/C(C)=C\C(=O)O)cc1N. The molecule has 0 unspecified atom stereocenters. The van der Waals surface area contributed by atoms with Crippen LogP contribution in [-0.4, -0.2) is 24.2 Å². The molecule has 0 spiro atoms. The molecule has 0 radical (unpaired) electrons. The van der Waals surface area contributed by atoms with Crippen LogP contribution in [0.4, 0.5) is 11.4 Å². The van der Waals surface area contributed by atoms with Gasteiger partial charge >= 0.3 is 5.97 Å². The van der Waals surface area contributed by atoms with Gasteiger partial charge in [0.2, 0.25) is 0 Å². The van der Waals surface area contributed by atoms with E-state index in [0.717, 1.165) is 50.0 Å². The molecule has 0 amide bonds. The average molecular weight is 304 g/mol. The van der Waals surface area contributed by atoms with Gasteiger partial charge in [-0.3, -0.25) is 0 Å². The third kappa shape index (κ3) is 5.43. The molecule has 4 nitrogen and oxygen atoms in total. The van der Waals surface area contributed by atoms with Gasteiger partial charge in [0.1, 0.15) is 0 Å². The number of aliphatic carboxylic acids is 1. The highest BCUT2D eigenvalue weighted by Crippen LogP contribution is 2.28. The van der Waals surface area contributed by atoms with Gasteiger partial charge in [0.25, 0.3) is 0 Å². The predicted octanol–water partition coefficient (Wildman–Crippen LogP) is 4.16. The lowest BCUT2D eigenvalue weighted by Crippen LogP contribution is -2.26. The molecule has 0 saturated carbocycles. The van der Waals surface area contributed by atoms with Crippen molar-refractivity contribution < 1.29 is 9.90 Å². The summed E-state index contributed by atoms with van der Waals surface area (Å²) in [6.07, 6.45) is 5.80. The predicted molar refractivity (Wildman–Crippen MR) is 94.2 cm³/mol. The number of nitrogens with two attached hydrogens (primary N) is 1. The van der Waals surface area contributed by atoms with Gasteiger partial charge in [-0.1, -0.05) is 32.8 Å². The molecule has 0 aliphatic carbocycles. The highest BCUT2D eigenvalue weighted by Gasteiger charge is 2.10. The van der Waals surface area contributed by atoms with Crippen LogP contribution in [-0.2, 0) is 4.79 Å². The van der Waals surface area contributed by atoms with E-state index in [2.05, 4.69) is 18.7 Å². The van der Waals surface area contributed by atoms with Gasteiger partial charge in [-0.05, 0) is 43.0 Å². The van der Waals surface area contributed by atoms with Crippen molar-refractivity contribution in [3.05, 3.63) is 29.8 Å². The molecule has 0 aliphatic heterocycles. The second kappa shape index (κ2) is 9.13. The van der Waals surface area contributed by atoms with Crippen LogP contribution >= 0.6 is 0 Å². The van der Waals surface area contributed by atoms with Gasteiger partial charge in [-0.15, -0.1) is 0 Å². The standard InChI is InChI=1S/C18H28N2O2/c1-4-6-10-20(11-7-5-2)17-9-8-15(13-16(17)19)14(3)12-18(21)22/h8-9,12-13H,4-7,10-11,19H2,1-3H3,(H,21,22)/b14-12-. The number of hydrogen-bond acceptors (Lipinski definition) is 3. The zero-order chi connectivity index (χ0) is 16.5. The maximum Gasteiger partial charge on any atom is 0.328 e. The number of carbonyl (C=O) groups is 1. The molecule has 3 N–H and O–H groups in total. The first-order chi connectivity index (χ1) is 10.5. The highest BCUT2D eigenvalue weighted by atomic mass is 16.4. The first kappa shape index (κ1) is 18.1. The third-order valence-corrected chi connectivity index (χ3v) is 3.73. The van der Waals surface area contributed by atoms with Crippen LogP contribution in [0.25, 0.3) is 5.57 Å². The summed E-state index contributed by atoms with van der Waals surface area (Å²) < 4.78 is 0. The zero-order valence-electron chi connectivity index (χ0n) is 13.9. The van der Waals surface area contributed by atoms with Gasteiger partial charge in [-0.2, -0.15) is 0 Å². The average Bonchev–Trinajstić information content (AvgIpc) is 2.47. The number of hydrogen-bond donors (Lipinski definition) is 2. The summed E-state index contributed by atoms with van der Waals surface area (Å²) >= 11 is 0. The van der Waals surface area contributed by atoms with Crippen molar-refractivity contribution in [1.29, 1.82) is 0 Å². The van der Waals surface area contributed by atoms with Crippen molar-refractivity contribution in [1.82, 2.24) is 0 Å². The second-order valence-corrected chi connectivity index (χ2v) is 5.63. The van der Waals surface area contributed by atoms with E-state index < -0.39 is 5.97 Å². The minimum absolute atomic E-state index is 0.708. The Balaban J connectivity index is 3.00. The minimum Gasteiger partial charge on any atom is -0.478 e. The molecule has 1 rings (SSSR count). The van der Waals surface area contributed by atoms with Gasteiger partial charge in [0.05, 0.1) is 11.4 Å². The maximum absolute atomic E-state index is 10.8. The highest BCUT2D eigenvalue weighted by molar-refractivity contribution is 5.90. The van der Waals surface area contributed by atoms with Crippen molar-refractivity contribution in [2.45, 2.75) is 46.5 Å². The third-order valence-electron chi connectivity index (χ3n) is 3.73. The fourth-order valence-electron chi connectivity index (χ4n) is 2.41. The summed E-state index contributed by atoms with van der Waals surface area (Å²) in [5, 5.41) is 8.84. The van der Waals surface area contributed by atoms with Crippen molar-refractivity contribution in [3.63, 3.8) is 0 Å². The lowest BCUT2D eigenvalue weighted by Gasteiger charge is -2.26. The molecule has 1 aromatic rings. The Hall–Kier alpha value is -1.97. The van der Waals surface area contributed by atoms with Crippen LogP contribution in [0.15, 0.2) is 24.3 Å². The van der Waals surface area contributed by atoms with Crippen molar-refractivity contribution in [3.8, 4) is 0 Å². The number of anilines is 2. The molecule has 0 bridgehead atoms. The summed E-state index contributed by atoms with van der Waals surface area (Å²) in [6.45, 7) is 8.16. The summed E-state index contributed by atoms with van der Waals surface area (Å²) in [7, 11) is 0. The molecular formula is C18H28N2O2. The largest absolute Gasteiger partial charge is 0.478 e. The fourth-order valence-corrected chi connectivity index (χ4v) is 2.41. The molecule has 0 heterocycles. The topological polar surface area (TPSA) is 66.6 Å². The number of carboxylic acid groups (broad SMARTS) is 1. The molecule has 4 heteroatoms. The first-order valence-electron chi connectivity index (χ1n) is 8.05. The molecule has 0 aliphatic rings. The monoisotopic (exact) mass is 304 g/mol. The van der Waals surface area contributed by atoms with Crippen LogP contribution in [0, 0.1) is 0 Å². The summed E-state index contributed by atoms with van der Waals surface area (Å²) in [5.41, 5.74) is 9.54. The molecule has 0 saturated heterocycles. The number of unbranched alkanes of at least 4 members (excludes halogenated alkanes) is 2. The van der Waals surface area contributed by atoms with E-state index in [1.54, 1.807) is 6.92 Å². The van der Waals surface area contributed by atoms with Gasteiger partial charge in [0.15, 0.2) is 0 Å². The van der Waals surface area contributed by atoms with Crippen LogP contribution in [0.1, 0.15) is 52.0 Å². The minimum atomic E-state index is -0.937. The fraction of sp³-hybridized carbons (Fsp3) is 0.500. The quantitative estimate of drug-likeness (QED) is 0.531. The van der Waals surface area contributed by atoms with Crippen molar-refractivity contribution in [2.24, 2.45) is 0 Å². The van der Waals surface area contributed by atoms with Gasteiger partial charge < -0.3 is 15.7 Å². The Morgan fingerprint density at radius 3 is 2.27 bits per heavy atom. The summed E-state index contributed by atoms with van der Waals surface area (Å²) in [5.74, 6) is -0.937. The lowest BCUT2D eigenvalue weighted by molar-refractivity contribution is -0.131. The smallest absolute Gasteiger partial charge is 0.328 e. The molecular weight excluding hydrogens is 276 g/mol. The molecule has 0 aromatic heterocycles. The number of nitrogens with zero attached hydrogens (tertiary/aromatic N) is 1. The van der Waals surface area contributed by atoms with Crippen LogP contribution < -0.4 is 10.6 Å². The molecule has 22 heavy (non-hydrogen) atoms. The van der Waals surface area contributed by atoms with E-state index in [4.69, 9.17) is 10.8 Å². The Kier molecular flexibility index (Phi) is 7.50. The first-order valence-corrected chi connectivity index (χ1v) is 8.05. The second-order valence-electron chi connectivity index (χ2n) is 5.63. The van der Waals surface area contributed by atoms with Gasteiger partial charge in [0, 0.05) is 19.2 Å². The maximum atomic E-state index is 10.8. The Bertz CT molecular complexity index is 516. The van der Waals surface area contributed by atoms with E-state index >= 15 is 0 Å². The Morgan fingerprint density at radius 2 is 1.82 bits per heavy atom. The van der Waals surface area contributed by atoms with Crippen molar-refractivity contribution >= 4 is 22.9 Å². The Morgan fingerprint density at radius 1 is 1.23 bits per heavy atom. The van der Waals surface area contributed by atoms with Crippen LogP contribution in [0.5, 0.6) is 0 Å². The molecule has 0 fully saturated rings. The number of allylic oxidation sites excluding steroid dienone is 1. The van der Waals surface area contributed by atoms with Crippen LogP contribution in [0.3, 0.4) is 0 Å². The number of benzene rings is 1. The van der Waals surface area contributed by atoms with E-state index in [0.29, 0.717) is 11.3 Å². The van der Waals surface area contributed by atoms with E-state index in [-0.39, 0.29) is 0 Å². The lowest BCUT2D eigenvalue weighted by atomic mass is 10.0. The Labute approximate surface area is 133 Å². The van der Waals surface area contributed by atoms with E-state index in [1.165, 1.54) is 6.08 Å². The normalized spacial score (nSPS) is 11.5. The van der Waals surface area contributed by atoms with Crippen molar-refractivity contribution in [2.75, 3.05) is 23.7 Å². The van der Waals surface area contributed by atoms with Gasteiger partial charge in [-0.25, -0.2) is 4.79 Å². The summed E-state index contributed by atoms with van der Waals surface area (Å²) in [6, 6.07) is 5.83. The number of nitrogen functional groups attached to an aromatic ring is 1. The summed E-state index contributed by atoms with van der Waals surface area (Å²) in [4.78, 5) is 13.1. The van der Waals surface area contributed by atoms with E-state index in [9.17, 15) is 4.79 Å². The zero-order valence-corrected chi connectivity index (χ0v) is 13.9. The van der Waals surface area contributed by atoms with Crippen LogP contribution in [0.2, 0.25) is 0 Å². The number of carboxylic acids is 1. The number of rotatable bonds is 9. The molecule has 122 valence electrons.